The molecule has 0 bridgehead atoms. The van der Waals surface area contributed by atoms with Gasteiger partial charge in [-0.1, -0.05) is 38.5 Å². The molecule has 0 aromatic heterocycles. The Morgan fingerprint density at radius 2 is 2.09 bits per heavy atom. The van der Waals surface area contributed by atoms with Gasteiger partial charge in [-0.25, -0.2) is 0 Å². The Bertz CT molecular complexity index is 464. The van der Waals surface area contributed by atoms with Crippen LogP contribution in [0.25, 0.3) is 0 Å². The lowest BCUT2D eigenvalue weighted by Crippen LogP contribution is -2.52. The zero-order valence-electron chi connectivity index (χ0n) is 15.0. The van der Waals surface area contributed by atoms with Crippen LogP contribution < -0.4 is 0 Å². The lowest BCUT2D eigenvalue weighted by atomic mass is 9.46. The minimum atomic E-state index is -0.797. The number of rotatable bonds is 4. The van der Waals surface area contributed by atoms with Crippen LogP contribution in [0.3, 0.4) is 0 Å². The maximum absolute atomic E-state index is 10.3. The fraction of sp³-hybridized carbons (Fsp3) is 0.800. The molecule has 22 heavy (non-hydrogen) atoms. The van der Waals surface area contributed by atoms with Gasteiger partial charge in [0.15, 0.2) is 0 Å². The van der Waals surface area contributed by atoms with Crippen LogP contribution in [0.4, 0.5) is 0 Å². The van der Waals surface area contributed by atoms with E-state index in [0.29, 0.717) is 11.8 Å². The number of hydrogen-bond donors (Lipinski definition) is 2. The first-order chi connectivity index (χ1) is 10.0. The van der Waals surface area contributed by atoms with Crippen LogP contribution in [-0.4, -0.2) is 21.9 Å². The standard InChI is InChI=1S/C20H34O2/c1-7-18(4,22)10-11-20(6)14(2)8-9-19(5)15(3)12-16(21)13-17(19)20/h7,12,14,16-17,21-22H,1,8-11,13H2,2-6H3/t14-,16-,17+,18+,19+,20+/m1/s1. The van der Waals surface area contributed by atoms with Crippen LogP contribution in [0.2, 0.25) is 0 Å². The second kappa shape index (κ2) is 5.79. The van der Waals surface area contributed by atoms with Crippen LogP contribution in [0, 0.1) is 22.7 Å². The monoisotopic (exact) mass is 306 g/mol. The third-order valence-corrected chi connectivity index (χ3v) is 7.22. The van der Waals surface area contributed by atoms with E-state index in [2.05, 4.69) is 40.3 Å². The Balaban J connectivity index is 2.32. The molecule has 2 heteroatoms. The SMILES string of the molecule is C=C[C@](C)(O)CC[C@@]1(C)[C@H](C)CC[C@@]2(C)C(C)=C[C@@H](O)C[C@H]12. The molecule has 0 unspecified atom stereocenters. The molecule has 0 saturated heterocycles. The topological polar surface area (TPSA) is 40.5 Å². The van der Waals surface area contributed by atoms with Crippen molar-refractivity contribution in [1.29, 1.82) is 0 Å². The van der Waals surface area contributed by atoms with Gasteiger partial charge in [-0.3, -0.25) is 0 Å². The zero-order chi connectivity index (χ0) is 16.8. The van der Waals surface area contributed by atoms with E-state index in [1.54, 1.807) is 6.08 Å². The van der Waals surface area contributed by atoms with Crippen LogP contribution in [0.15, 0.2) is 24.3 Å². The van der Waals surface area contributed by atoms with Gasteiger partial charge in [0, 0.05) is 0 Å². The summed E-state index contributed by atoms with van der Waals surface area (Å²) in [7, 11) is 0. The molecule has 0 aliphatic heterocycles. The molecule has 0 spiro atoms. The van der Waals surface area contributed by atoms with Crippen molar-refractivity contribution in [3.8, 4) is 0 Å². The Labute approximate surface area is 136 Å². The van der Waals surface area contributed by atoms with E-state index in [9.17, 15) is 10.2 Å². The van der Waals surface area contributed by atoms with Crippen molar-refractivity contribution in [3.63, 3.8) is 0 Å². The highest BCUT2D eigenvalue weighted by Gasteiger charge is 2.54. The van der Waals surface area contributed by atoms with Crippen molar-refractivity contribution in [2.45, 2.75) is 78.4 Å². The molecule has 2 aliphatic rings. The highest BCUT2D eigenvalue weighted by molar-refractivity contribution is 5.23. The molecule has 2 rings (SSSR count). The quantitative estimate of drug-likeness (QED) is 0.752. The Morgan fingerprint density at radius 3 is 2.68 bits per heavy atom. The van der Waals surface area contributed by atoms with Gasteiger partial charge < -0.3 is 10.2 Å². The first-order valence-corrected chi connectivity index (χ1v) is 8.78. The van der Waals surface area contributed by atoms with Crippen LogP contribution in [0.1, 0.15) is 66.7 Å². The molecule has 0 amide bonds. The fourth-order valence-electron chi connectivity index (χ4n) is 4.93. The van der Waals surface area contributed by atoms with E-state index in [-0.39, 0.29) is 16.9 Å². The molecule has 0 radical (unpaired) electrons. The molecular formula is C20H34O2. The minimum absolute atomic E-state index is 0.149. The van der Waals surface area contributed by atoms with Gasteiger partial charge in [-0.05, 0) is 68.6 Å². The van der Waals surface area contributed by atoms with Gasteiger partial charge in [0.25, 0.3) is 0 Å². The van der Waals surface area contributed by atoms with E-state index in [0.717, 1.165) is 19.3 Å². The number of aliphatic hydroxyl groups is 2. The summed E-state index contributed by atoms with van der Waals surface area (Å²) in [5.74, 6) is 1.09. The number of fused-ring (bicyclic) bond motifs is 1. The molecule has 1 saturated carbocycles. The maximum Gasteiger partial charge on any atom is 0.0797 e. The van der Waals surface area contributed by atoms with Crippen molar-refractivity contribution in [2.75, 3.05) is 0 Å². The van der Waals surface area contributed by atoms with E-state index in [4.69, 9.17) is 0 Å². The maximum atomic E-state index is 10.3. The highest BCUT2D eigenvalue weighted by atomic mass is 16.3. The predicted octanol–water partition coefficient (Wildman–Crippen LogP) is 4.47. The summed E-state index contributed by atoms with van der Waals surface area (Å²) in [5, 5.41) is 20.6. The van der Waals surface area contributed by atoms with E-state index in [1.807, 2.05) is 6.92 Å². The first-order valence-electron chi connectivity index (χ1n) is 8.78. The van der Waals surface area contributed by atoms with Crippen LogP contribution in [-0.2, 0) is 0 Å². The van der Waals surface area contributed by atoms with Gasteiger partial charge in [-0.15, -0.1) is 6.58 Å². The van der Waals surface area contributed by atoms with Crippen LogP contribution in [0.5, 0.6) is 0 Å². The van der Waals surface area contributed by atoms with Gasteiger partial charge in [0.1, 0.15) is 0 Å². The van der Waals surface area contributed by atoms with Gasteiger partial charge >= 0.3 is 0 Å². The summed E-state index contributed by atoms with van der Waals surface area (Å²) in [4.78, 5) is 0. The van der Waals surface area contributed by atoms with E-state index >= 15 is 0 Å². The normalized spacial score (nSPS) is 44.7. The highest BCUT2D eigenvalue weighted by Crippen LogP contribution is 2.62. The average molecular weight is 306 g/mol. The molecule has 0 aromatic carbocycles. The van der Waals surface area contributed by atoms with E-state index in [1.165, 1.54) is 18.4 Å². The first kappa shape index (κ1) is 17.7. The van der Waals surface area contributed by atoms with Crippen molar-refractivity contribution in [3.05, 3.63) is 24.3 Å². The second-order valence-corrected chi connectivity index (χ2v) is 8.63. The third-order valence-electron chi connectivity index (χ3n) is 7.22. The van der Waals surface area contributed by atoms with Gasteiger partial charge in [0.05, 0.1) is 11.7 Å². The summed E-state index contributed by atoms with van der Waals surface area (Å²) >= 11 is 0. The van der Waals surface area contributed by atoms with Crippen molar-refractivity contribution in [1.82, 2.24) is 0 Å². The summed E-state index contributed by atoms with van der Waals surface area (Å²) in [6.45, 7) is 14.9. The molecule has 2 aliphatic carbocycles. The average Bonchev–Trinajstić information content (AvgIpc) is 2.45. The molecule has 126 valence electrons. The lowest BCUT2D eigenvalue weighted by Gasteiger charge is -2.59. The van der Waals surface area contributed by atoms with E-state index < -0.39 is 5.60 Å². The Morgan fingerprint density at radius 1 is 1.45 bits per heavy atom. The smallest absolute Gasteiger partial charge is 0.0797 e. The Hall–Kier alpha value is -0.600. The largest absolute Gasteiger partial charge is 0.389 e. The molecule has 1 fully saturated rings. The lowest BCUT2D eigenvalue weighted by molar-refractivity contribution is -0.0740. The number of aliphatic hydroxyl groups excluding tert-OH is 1. The van der Waals surface area contributed by atoms with Crippen LogP contribution >= 0.6 is 0 Å². The Kier molecular flexibility index (Phi) is 4.68. The summed E-state index contributed by atoms with van der Waals surface area (Å²) in [5.41, 5.74) is 0.899. The molecule has 0 aromatic rings. The summed E-state index contributed by atoms with van der Waals surface area (Å²) < 4.78 is 0. The predicted molar refractivity (Wildman–Crippen MR) is 92.5 cm³/mol. The molecule has 2 N–H and O–H groups in total. The van der Waals surface area contributed by atoms with Gasteiger partial charge in [0.2, 0.25) is 0 Å². The second-order valence-electron chi connectivity index (χ2n) is 8.63. The van der Waals surface area contributed by atoms with Crippen molar-refractivity contribution in [2.24, 2.45) is 22.7 Å². The van der Waals surface area contributed by atoms with Gasteiger partial charge in [-0.2, -0.15) is 0 Å². The zero-order valence-corrected chi connectivity index (χ0v) is 15.0. The summed E-state index contributed by atoms with van der Waals surface area (Å²) in [6, 6.07) is 0. The minimum Gasteiger partial charge on any atom is -0.389 e. The molecule has 2 nitrogen and oxygen atoms in total. The molecule has 0 heterocycles. The fourth-order valence-corrected chi connectivity index (χ4v) is 4.93. The third kappa shape index (κ3) is 2.92. The van der Waals surface area contributed by atoms with Crippen molar-refractivity contribution >= 4 is 0 Å². The van der Waals surface area contributed by atoms with Crippen molar-refractivity contribution < 1.29 is 10.2 Å². The summed E-state index contributed by atoms with van der Waals surface area (Å²) in [6.07, 6.45) is 8.41. The molecule has 6 atom stereocenters. The number of hydrogen-bond acceptors (Lipinski definition) is 2. The molecular weight excluding hydrogens is 272 g/mol. The number of allylic oxidation sites excluding steroid dienone is 1.